The van der Waals surface area contributed by atoms with E-state index >= 15 is 0 Å². The Morgan fingerprint density at radius 1 is 1.33 bits per heavy atom. The Bertz CT molecular complexity index is 756. The zero-order valence-electron chi connectivity index (χ0n) is 13.7. The van der Waals surface area contributed by atoms with Crippen molar-refractivity contribution in [2.45, 2.75) is 25.3 Å². The average molecular weight is 344 g/mol. The van der Waals surface area contributed by atoms with E-state index in [-0.39, 0.29) is 5.91 Å². The number of carbonyl (C=O) groups excluding carboxylic acids is 2. The summed E-state index contributed by atoms with van der Waals surface area (Å²) in [6.45, 7) is 0.356. The largest absolute Gasteiger partial charge is 0.366 e. The number of benzene rings is 1. The number of quaternary nitrogens is 1. The molecule has 4 N–H and O–H groups in total. The lowest BCUT2D eigenvalue weighted by atomic mass is 9.87. The van der Waals surface area contributed by atoms with Gasteiger partial charge in [0.2, 0.25) is 0 Å². The van der Waals surface area contributed by atoms with Gasteiger partial charge in [-0.05, 0) is 29.9 Å². The number of nitrogens with one attached hydrogen (secondary N) is 2. The maximum atomic E-state index is 12.4. The number of amides is 2. The Morgan fingerprint density at radius 3 is 2.92 bits per heavy atom. The van der Waals surface area contributed by atoms with Crippen LogP contribution >= 0.6 is 11.3 Å². The van der Waals surface area contributed by atoms with Crippen LogP contribution in [0.1, 0.15) is 40.4 Å². The number of likely N-dealkylation sites (N-methyl/N-ethyl adjacent to an activating group) is 1. The molecule has 0 saturated carbocycles. The molecular weight excluding hydrogens is 322 g/mol. The highest BCUT2D eigenvalue weighted by Gasteiger charge is 2.28. The molecule has 5 nitrogen and oxygen atoms in total. The maximum absolute atomic E-state index is 12.4. The molecule has 1 unspecified atom stereocenters. The summed E-state index contributed by atoms with van der Waals surface area (Å²) < 4.78 is 0. The second-order valence-electron chi connectivity index (χ2n) is 6.24. The highest BCUT2D eigenvalue weighted by molar-refractivity contribution is 7.14. The molecule has 0 aliphatic heterocycles. The van der Waals surface area contributed by atoms with Gasteiger partial charge in [0.15, 0.2) is 6.54 Å². The number of aryl methyl sites for hydroxylation is 1. The molecule has 0 saturated heterocycles. The second-order valence-corrected chi connectivity index (χ2v) is 7.16. The van der Waals surface area contributed by atoms with Crippen LogP contribution in [-0.2, 0) is 11.2 Å². The van der Waals surface area contributed by atoms with Crippen molar-refractivity contribution in [1.82, 2.24) is 0 Å². The fourth-order valence-corrected chi connectivity index (χ4v) is 4.22. The van der Waals surface area contributed by atoms with E-state index in [1.165, 1.54) is 22.5 Å². The highest BCUT2D eigenvalue weighted by Crippen LogP contribution is 2.27. The molecule has 1 aliphatic carbocycles. The lowest BCUT2D eigenvalue weighted by molar-refractivity contribution is -0.905. The molecule has 2 aromatic rings. The molecule has 0 radical (unpaired) electrons. The fourth-order valence-electron chi connectivity index (χ4n) is 3.41. The number of thiophene rings is 1. The van der Waals surface area contributed by atoms with Gasteiger partial charge in [-0.25, -0.2) is 0 Å². The number of fused-ring (bicyclic) bond motifs is 1. The quantitative estimate of drug-likeness (QED) is 0.766. The zero-order chi connectivity index (χ0) is 17.1. The molecular formula is C18H22N3O2S+. The van der Waals surface area contributed by atoms with Gasteiger partial charge in [-0.1, -0.05) is 24.3 Å². The fraction of sp³-hybridized carbons (Fsp3) is 0.333. The van der Waals surface area contributed by atoms with E-state index in [0.717, 1.165) is 24.2 Å². The number of rotatable bonds is 5. The standard InChI is InChI=1S/C18H21N3O2S/c1-21(15-8-4-6-12-5-2-3-7-13(12)15)11-16(22)20-18-14(17(19)23)9-10-24-18/h2-3,5,7,9-10,15H,4,6,8,11H2,1H3,(H2,19,23)(H,20,22)/p+1/t15-/m1/s1. The first-order valence-electron chi connectivity index (χ1n) is 8.13. The third-order valence-electron chi connectivity index (χ3n) is 4.59. The van der Waals surface area contributed by atoms with Gasteiger partial charge in [-0.2, -0.15) is 0 Å². The molecule has 24 heavy (non-hydrogen) atoms. The van der Waals surface area contributed by atoms with Crippen molar-refractivity contribution < 1.29 is 14.5 Å². The maximum Gasteiger partial charge on any atom is 0.280 e. The molecule has 1 heterocycles. The van der Waals surface area contributed by atoms with Crippen LogP contribution in [-0.4, -0.2) is 25.4 Å². The van der Waals surface area contributed by atoms with E-state index in [1.807, 2.05) is 0 Å². The normalized spacial score (nSPS) is 17.8. The summed E-state index contributed by atoms with van der Waals surface area (Å²) >= 11 is 1.32. The van der Waals surface area contributed by atoms with Crippen molar-refractivity contribution in [3.05, 3.63) is 52.4 Å². The number of hydrogen-bond acceptors (Lipinski definition) is 3. The molecule has 0 fully saturated rings. The summed E-state index contributed by atoms with van der Waals surface area (Å²) in [5.74, 6) is -0.617. The average Bonchev–Trinajstić information content (AvgIpc) is 3.02. The highest BCUT2D eigenvalue weighted by atomic mass is 32.1. The number of carbonyl (C=O) groups is 2. The number of hydrogen-bond donors (Lipinski definition) is 3. The minimum absolute atomic E-state index is 0.0968. The van der Waals surface area contributed by atoms with Crippen LogP contribution in [0.3, 0.4) is 0 Å². The van der Waals surface area contributed by atoms with E-state index in [4.69, 9.17) is 5.73 Å². The van der Waals surface area contributed by atoms with Gasteiger partial charge >= 0.3 is 0 Å². The van der Waals surface area contributed by atoms with Gasteiger partial charge in [0.05, 0.1) is 12.6 Å². The van der Waals surface area contributed by atoms with Crippen LogP contribution in [0.5, 0.6) is 0 Å². The van der Waals surface area contributed by atoms with Crippen LogP contribution in [0, 0.1) is 0 Å². The Kier molecular flexibility index (Phi) is 4.97. The summed E-state index contributed by atoms with van der Waals surface area (Å²) in [5, 5.41) is 5.11. The van der Waals surface area contributed by atoms with Crippen molar-refractivity contribution in [2.75, 3.05) is 18.9 Å². The molecule has 2 amide bonds. The molecule has 126 valence electrons. The molecule has 2 atom stereocenters. The van der Waals surface area contributed by atoms with Crippen LogP contribution < -0.4 is 16.0 Å². The molecule has 6 heteroatoms. The first kappa shape index (κ1) is 16.7. The minimum Gasteiger partial charge on any atom is -0.366 e. The summed E-state index contributed by atoms with van der Waals surface area (Å²) in [6, 6.07) is 10.5. The van der Waals surface area contributed by atoms with E-state index in [9.17, 15) is 9.59 Å². The topological polar surface area (TPSA) is 76.6 Å². The van der Waals surface area contributed by atoms with Crippen molar-refractivity contribution in [2.24, 2.45) is 5.73 Å². The van der Waals surface area contributed by atoms with Gasteiger partial charge in [0, 0.05) is 12.0 Å². The Morgan fingerprint density at radius 2 is 2.12 bits per heavy atom. The van der Waals surface area contributed by atoms with Crippen LogP contribution in [0.4, 0.5) is 5.00 Å². The van der Waals surface area contributed by atoms with Gasteiger partial charge in [-0.15, -0.1) is 11.3 Å². The summed E-state index contributed by atoms with van der Waals surface area (Å²) in [5.41, 5.74) is 8.43. The van der Waals surface area contributed by atoms with Gasteiger partial charge in [0.1, 0.15) is 11.0 Å². The smallest absolute Gasteiger partial charge is 0.280 e. The molecule has 0 bridgehead atoms. The van der Waals surface area contributed by atoms with E-state index in [2.05, 4.69) is 36.6 Å². The van der Waals surface area contributed by atoms with E-state index in [0.29, 0.717) is 23.2 Å². The van der Waals surface area contributed by atoms with Crippen LogP contribution in [0.15, 0.2) is 35.7 Å². The van der Waals surface area contributed by atoms with Crippen molar-refractivity contribution in [1.29, 1.82) is 0 Å². The Labute approximate surface area is 145 Å². The summed E-state index contributed by atoms with van der Waals surface area (Å²) in [7, 11) is 2.05. The lowest BCUT2D eigenvalue weighted by Gasteiger charge is -2.30. The predicted octanol–water partition coefficient (Wildman–Crippen LogP) is 1.38. The number of nitrogens with two attached hydrogens (primary N) is 1. The zero-order valence-corrected chi connectivity index (χ0v) is 14.5. The first-order chi connectivity index (χ1) is 11.6. The molecule has 1 aromatic carbocycles. The second kappa shape index (κ2) is 7.15. The van der Waals surface area contributed by atoms with Crippen LogP contribution in [0.25, 0.3) is 0 Å². The Hall–Kier alpha value is -2.18. The SMILES string of the molecule is C[NH+](CC(=O)Nc1sccc1C(N)=O)[C@@H]1CCCc2ccccc21. The van der Waals surface area contributed by atoms with Gasteiger partial charge < -0.3 is 16.0 Å². The van der Waals surface area contributed by atoms with E-state index in [1.54, 1.807) is 11.4 Å². The summed E-state index contributed by atoms with van der Waals surface area (Å²) in [4.78, 5) is 24.9. The molecule has 1 aromatic heterocycles. The van der Waals surface area contributed by atoms with Crippen molar-refractivity contribution in [3.63, 3.8) is 0 Å². The lowest BCUT2D eigenvalue weighted by Crippen LogP contribution is -3.10. The molecule has 1 aliphatic rings. The third kappa shape index (κ3) is 3.49. The predicted molar refractivity (Wildman–Crippen MR) is 95.3 cm³/mol. The Balaban J connectivity index is 1.67. The third-order valence-corrected chi connectivity index (χ3v) is 5.42. The van der Waals surface area contributed by atoms with Crippen LogP contribution in [0.2, 0.25) is 0 Å². The van der Waals surface area contributed by atoms with Gasteiger partial charge in [-0.3, -0.25) is 9.59 Å². The molecule has 0 spiro atoms. The number of anilines is 1. The summed E-state index contributed by atoms with van der Waals surface area (Å²) in [6.07, 6.45) is 3.35. The van der Waals surface area contributed by atoms with E-state index < -0.39 is 5.91 Å². The monoisotopic (exact) mass is 344 g/mol. The number of primary amides is 1. The van der Waals surface area contributed by atoms with Crippen molar-refractivity contribution >= 4 is 28.2 Å². The van der Waals surface area contributed by atoms with Gasteiger partial charge in [0.25, 0.3) is 11.8 Å². The van der Waals surface area contributed by atoms with Crippen molar-refractivity contribution in [3.8, 4) is 0 Å². The first-order valence-corrected chi connectivity index (χ1v) is 9.01. The molecule has 3 rings (SSSR count). The minimum atomic E-state index is -0.520.